The Kier molecular flexibility index (Phi) is 5.88. The molecule has 0 saturated carbocycles. The number of methoxy groups -OCH3 is 1. The first kappa shape index (κ1) is 17.7. The van der Waals surface area contributed by atoms with Crippen molar-refractivity contribution in [3.8, 4) is 0 Å². The van der Waals surface area contributed by atoms with Gasteiger partial charge in [-0.1, -0.05) is 0 Å². The average Bonchev–Trinajstić information content (AvgIpc) is 3.02. The number of nitrogens with one attached hydrogen (secondary N) is 1. The first-order chi connectivity index (χ1) is 12.2. The number of likely N-dealkylation sites (tertiary alicyclic amines) is 1. The number of anilines is 2. The largest absolute Gasteiger partial charge is 0.383 e. The zero-order valence-corrected chi connectivity index (χ0v) is 14.6. The van der Waals surface area contributed by atoms with Crippen LogP contribution >= 0.6 is 0 Å². The van der Waals surface area contributed by atoms with Gasteiger partial charge < -0.3 is 24.6 Å². The third-order valence-corrected chi connectivity index (χ3v) is 4.66. The minimum absolute atomic E-state index is 0.0138. The van der Waals surface area contributed by atoms with Gasteiger partial charge in [0.25, 0.3) is 0 Å². The summed E-state index contributed by atoms with van der Waals surface area (Å²) in [6, 6.07) is 7.82. The number of carbonyl (C=O) groups excluding carboxylic acids is 2. The van der Waals surface area contributed by atoms with Gasteiger partial charge in [-0.2, -0.15) is 0 Å². The Morgan fingerprint density at radius 1 is 1.28 bits per heavy atom. The molecule has 3 rings (SSSR count). The van der Waals surface area contributed by atoms with Crippen LogP contribution in [0.1, 0.15) is 6.42 Å². The van der Waals surface area contributed by atoms with Crippen molar-refractivity contribution in [2.75, 3.05) is 63.3 Å². The maximum atomic E-state index is 12.4. The second kappa shape index (κ2) is 8.31. The summed E-state index contributed by atoms with van der Waals surface area (Å²) in [5, 5.41) is 2.92. The predicted molar refractivity (Wildman–Crippen MR) is 94.7 cm³/mol. The Balaban J connectivity index is 1.53. The fraction of sp³-hybridized carbons (Fsp3) is 0.556. The molecule has 7 nitrogen and oxygen atoms in total. The lowest BCUT2D eigenvalue weighted by atomic mass is 10.1. The summed E-state index contributed by atoms with van der Waals surface area (Å²) >= 11 is 0. The Morgan fingerprint density at radius 2 is 2.00 bits per heavy atom. The van der Waals surface area contributed by atoms with Crippen LogP contribution in [0, 0.1) is 5.92 Å². The topological polar surface area (TPSA) is 71.1 Å². The number of hydrogen-bond acceptors (Lipinski definition) is 5. The third kappa shape index (κ3) is 4.49. The highest BCUT2D eigenvalue weighted by Gasteiger charge is 2.33. The molecule has 1 aromatic rings. The van der Waals surface area contributed by atoms with E-state index in [1.54, 1.807) is 12.0 Å². The highest BCUT2D eigenvalue weighted by Crippen LogP contribution is 2.22. The number of rotatable bonds is 6. The number of carbonyl (C=O) groups is 2. The number of morpholine rings is 1. The molecule has 1 atom stereocenters. The van der Waals surface area contributed by atoms with Crippen LogP contribution in [0.15, 0.2) is 24.3 Å². The summed E-state index contributed by atoms with van der Waals surface area (Å²) in [6.45, 7) is 4.73. The number of hydrogen-bond donors (Lipinski definition) is 1. The van der Waals surface area contributed by atoms with Gasteiger partial charge in [0.1, 0.15) is 0 Å². The fourth-order valence-corrected chi connectivity index (χ4v) is 3.19. The predicted octanol–water partition coefficient (Wildman–Crippen LogP) is 0.957. The molecule has 136 valence electrons. The van der Waals surface area contributed by atoms with Crippen LogP contribution in [-0.4, -0.2) is 69.8 Å². The Labute approximate surface area is 147 Å². The molecule has 0 aliphatic carbocycles. The lowest BCUT2D eigenvalue weighted by molar-refractivity contribution is -0.128. The van der Waals surface area contributed by atoms with Gasteiger partial charge in [0.2, 0.25) is 11.8 Å². The molecule has 0 aromatic heterocycles. The standard InChI is InChI=1S/C18H25N3O4/c1-24-9-6-21-13-14(12-17(21)22)18(23)19-15-2-4-16(5-3-15)20-7-10-25-11-8-20/h2-5,14H,6-13H2,1H3,(H,19,23). The van der Waals surface area contributed by atoms with E-state index in [0.717, 1.165) is 37.7 Å². The van der Waals surface area contributed by atoms with E-state index in [-0.39, 0.29) is 24.2 Å². The number of ether oxygens (including phenoxy) is 2. The molecule has 2 fully saturated rings. The van der Waals surface area contributed by atoms with Crippen molar-refractivity contribution in [1.82, 2.24) is 4.90 Å². The van der Waals surface area contributed by atoms with Gasteiger partial charge in [-0.25, -0.2) is 0 Å². The van der Waals surface area contributed by atoms with Crippen molar-refractivity contribution in [3.63, 3.8) is 0 Å². The molecule has 1 aromatic carbocycles. The van der Waals surface area contributed by atoms with Gasteiger partial charge in [0.15, 0.2) is 0 Å². The van der Waals surface area contributed by atoms with Gasteiger partial charge in [-0.15, -0.1) is 0 Å². The van der Waals surface area contributed by atoms with Gasteiger partial charge in [-0.05, 0) is 24.3 Å². The lowest BCUT2D eigenvalue weighted by Gasteiger charge is -2.28. The molecule has 2 aliphatic heterocycles. The van der Waals surface area contributed by atoms with Crippen LogP contribution in [0.2, 0.25) is 0 Å². The van der Waals surface area contributed by atoms with E-state index in [4.69, 9.17) is 9.47 Å². The molecule has 2 aliphatic rings. The normalized spacial score (nSPS) is 20.8. The smallest absolute Gasteiger partial charge is 0.229 e. The van der Waals surface area contributed by atoms with Crippen LogP contribution in [-0.2, 0) is 19.1 Å². The van der Waals surface area contributed by atoms with Crippen LogP contribution in [0.25, 0.3) is 0 Å². The van der Waals surface area contributed by atoms with Crippen molar-refractivity contribution in [2.24, 2.45) is 5.92 Å². The van der Waals surface area contributed by atoms with E-state index in [0.29, 0.717) is 19.7 Å². The summed E-state index contributed by atoms with van der Waals surface area (Å²) < 4.78 is 10.4. The van der Waals surface area contributed by atoms with Gasteiger partial charge in [0, 0.05) is 51.1 Å². The maximum Gasteiger partial charge on any atom is 0.229 e. The lowest BCUT2D eigenvalue weighted by Crippen LogP contribution is -2.36. The summed E-state index contributed by atoms with van der Waals surface area (Å²) in [4.78, 5) is 28.3. The van der Waals surface area contributed by atoms with Crippen molar-refractivity contribution in [1.29, 1.82) is 0 Å². The van der Waals surface area contributed by atoms with Crippen molar-refractivity contribution in [3.05, 3.63) is 24.3 Å². The Morgan fingerprint density at radius 3 is 2.68 bits per heavy atom. The van der Waals surface area contributed by atoms with E-state index < -0.39 is 0 Å². The van der Waals surface area contributed by atoms with E-state index in [9.17, 15) is 9.59 Å². The molecule has 1 unspecified atom stereocenters. The SMILES string of the molecule is COCCN1CC(C(=O)Nc2ccc(N3CCOCC3)cc2)CC1=O. The monoisotopic (exact) mass is 347 g/mol. The Bertz CT molecular complexity index is 599. The quantitative estimate of drug-likeness (QED) is 0.830. The van der Waals surface area contributed by atoms with E-state index in [1.165, 1.54) is 0 Å². The summed E-state index contributed by atoms with van der Waals surface area (Å²) in [5.41, 5.74) is 1.88. The maximum absolute atomic E-state index is 12.4. The average molecular weight is 347 g/mol. The molecular weight excluding hydrogens is 322 g/mol. The number of benzene rings is 1. The van der Waals surface area contributed by atoms with Crippen LogP contribution in [0.4, 0.5) is 11.4 Å². The third-order valence-electron chi connectivity index (χ3n) is 4.66. The molecule has 0 bridgehead atoms. The Hall–Kier alpha value is -2.12. The van der Waals surface area contributed by atoms with Crippen molar-refractivity contribution >= 4 is 23.2 Å². The van der Waals surface area contributed by atoms with Gasteiger partial charge in [-0.3, -0.25) is 9.59 Å². The zero-order valence-electron chi connectivity index (χ0n) is 14.6. The van der Waals surface area contributed by atoms with Crippen LogP contribution in [0.5, 0.6) is 0 Å². The van der Waals surface area contributed by atoms with E-state index >= 15 is 0 Å². The van der Waals surface area contributed by atoms with Crippen molar-refractivity contribution in [2.45, 2.75) is 6.42 Å². The molecule has 0 radical (unpaired) electrons. The molecule has 2 amide bonds. The van der Waals surface area contributed by atoms with Crippen molar-refractivity contribution < 1.29 is 19.1 Å². The minimum atomic E-state index is -0.303. The molecular formula is C18H25N3O4. The van der Waals surface area contributed by atoms with Gasteiger partial charge in [0.05, 0.1) is 25.7 Å². The number of nitrogens with zero attached hydrogens (tertiary/aromatic N) is 2. The fourth-order valence-electron chi connectivity index (χ4n) is 3.19. The van der Waals surface area contributed by atoms with E-state index in [2.05, 4.69) is 10.2 Å². The highest BCUT2D eigenvalue weighted by atomic mass is 16.5. The molecule has 25 heavy (non-hydrogen) atoms. The molecule has 1 N–H and O–H groups in total. The number of amides is 2. The summed E-state index contributed by atoms with van der Waals surface area (Å²) in [6.07, 6.45) is 0.265. The minimum Gasteiger partial charge on any atom is -0.383 e. The first-order valence-corrected chi connectivity index (χ1v) is 8.67. The van der Waals surface area contributed by atoms with Crippen LogP contribution < -0.4 is 10.2 Å². The van der Waals surface area contributed by atoms with Gasteiger partial charge >= 0.3 is 0 Å². The second-order valence-corrected chi connectivity index (χ2v) is 6.37. The molecule has 7 heteroatoms. The van der Waals surface area contributed by atoms with Crippen LogP contribution in [0.3, 0.4) is 0 Å². The second-order valence-electron chi connectivity index (χ2n) is 6.37. The molecule has 2 heterocycles. The molecule has 0 spiro atoms. The summed E-state index contributed by atoms with van der Waals surface area (Å²) in [7, 11) is 1.60. The summed E-state index contributed by atoms with van der Waals surface area (Å²) in [5.74, 6) is -0.393. The van der Waals surface area contributed by atoms with E-state index in [1.807, 2.05) is 24.3 Å². The zero-order chi connectivity index (χ0) is 17.6. The molecule has 2 saturated heterocycles. The first-order valence-electron chi connectivity index (χ1n) is 8.67. The highest BCUT2D eigenvalue weighted by molar-refractivity contribution is 5.97.